The molecule has 1 aromatic carbocycles. The summed E-state index contributed by atoms with van der Waals surface area (Å²) >= 11 is 0. The third-order valence-corrected chi connectivity index (χ3v) is 2.33. The standard InChI is InChI=1S/C11H11B2N3O/c14-6-10-5-11(16-7-15-10)12-8-2-1-3-9(4-8)13-17/h1-5,7,17H,6,14H2. The molecule has 0 aliphatic heterocycles. The molecular weight excluding hydrogens is 212 g/mol. The van der Waals surface area contributed by atoms with E-state index in [1.807, 2.05) is 37.6 Å². The molecule has 0 bridgehead atoms. The van der Waals surface area contributed by atoms with Crippen LogP contribution in [0, 0.1) is 0 Å². The lowest BCUT2D eigenvalue weighted by Gasteiger charge is -2.03. The van der Waals surface area contributed by atoms with Gasteiger partial charge in [-0.1, -0.05) is 35.2 Å². The molecule has 6 heteroatoms. The van der Waals surface area contributed by atoms with E-state index in [2.05, 4.69) is 9.97 Å². The Morgan fingerprint density at radius 3 is 2.76 bits per heavy atom. The predicted octanol–water partition coefficient (Wildman–Crippen LogP) is -2.17. The summed E-state index contributed by atoms with van der Waals surface area (Å²) in [5.74, 6) is 0. The van der Waals surface area contributed by atoms with Gasteiger partial charge in [-0.05, 0) is 6.07 Å². The van der Waals surface area contributed by atoms with Gasteiger partial charge >= 0.3 is 7.48 Å². The smallest absolute Gasteiger partial charge is 0.326 e. The molecule has 0 unspecified atom stereocenters. The second kappa shape index (κ2) is 5.61. The van der Waals surface area contributed by atoms with Gasteiger partial charge in [0.2, 0.25) is 7.28 Å². The average Bonchev–Trinajstić information content (AvgIpc) is 2.39. The van der Waals surface area contributed by atoms with Crippen molar-refractivity contribution in [2.45, 2.75) is 6.54 Å². The monoisotopic (exact) mass is 223 g/mol. The Bertz CT molecular complexity index is 462. The van der Waals surface area contributed by atoms with Crippen molar-refractivity contribution in [3.8, 4) is 0 Å². The summed E-state index contributed by atoms with van der Waals surface area (Å²) in [7, 11) is 2.98. The summed E-state index contributed by atoms with van der Waals surface area (Å²) in [5.41, 5.74) is 8.84. The Hall–Kier alpha value is -1.65. The van der Waals surface area contributed by atoms with Crippen LogP contribution in [-0.4, -0.2) is 29.8 Å². The fraction of sp³-hybridized carbons (Fsp3) is 0.0909. The van der Waals surface area contributed by atoms with Gasteiger partial charge in [0, 0.05) is 12.1 Å². The molecule has 0 aliphatic carbocycles. The minimum absolute atomic E-state index is 0.397. The van der Waals surface area contributed by atoms with Crippen LogP contribution in [0.5, 0.6) is 0 Å². The van der Waals surface area contributed by atoms with Crippen molar-refractivity contribution in [3.63, 3.8) is 0 Å². The third kappa shape index (κ3) is 3.15. The zero-order chi connectivity index (χ0) is 12.1. The van der Waals surface area contributed by atoms with Crippen LogP contribution in [0.3, 0.4) is 0 Å². The Morgan fingerprint density at radius 2 is 2.00 bits per heavy atom. The second-order valence-corrected chi connectivity index (χ2v) is 3.58. The number of nitrogens with zero attached hydrogens (tertiary/aromatic N) is 2. The molecule has 0 saturated carbocycles. The summed E-state index contributed by atoms with van der Waals surface area (Å²) in [6.07, 6.45) is 1.50. The number of benzene rings is 1. The van der Waals surface area contributed by atoms with E-state index in [1.54, 1.807) is 0 Å². The minimum atomic E-state index is 0.397. The van der Waals surface area contributed by atoms with Crippen LogP contribution in [0.1, 0.15) is 5.69 Å². The van der Waals surface area contributed by atoms with E-state index in [0.717, 1.165) is 29.7 Å². The fourth-order valence-corrected chi connectivity index (χ4v) is 1.51. The fourth-order valence-electron chi connectivity index (χ4n) is 1.51. The number of aromatic nitrogens is 2. The van der Waals surface area contributed by atoms with E-state index in [-0.39, 0.29) is 0 Å². The maximum absolute atomic E-state index is 8.93. The van der Waals surface area contributed by atoms with Crippen molar-refractivity contribution < 1.29 is 5.02 Å². The van der Waals surface area contributed by atoms with Gasteiger partial charge < -0.3 is 10.8 Å². The Morgan fingerprint density at radius 1 is 1.18 bits per heavy atom. The van der Waals surface area contributed by atoms with Crippen molar-refractivity contribution in [2.24, 2.45) is 5.73 Å². The van der Waals surface area contributed by atoms with Gasteiger partial charge in [0.05, 0.1) is 5.69 Å². The molecule has 2 rings (SSSR count). The lowest BCUT2D eigenvalue weighted by Crippen LogP contribution is -2.33. The van der Waals surface area contributed by atoms with Gasteiger partial charge in [-0.2, -0.15) is 0 Å². The van der Waals surface area contributed by atoms with Gasteiger partial charge in [-0.3, -0.25) is 4.98 Å². The molecule has 0 atom stereocenters. The third-order valence-electron chi connectivity index (χ3n) is 2.33. The Kier molecular flexibility index (Phi) is 3.90. The molecular formula is C11H11B2N3O. The summed E-state index contributed by atoms with van der Waals surface area (Å²) in [4.78, 5) is 8.17. The first-order valence-corrected chi connectivity index (χ1v) is 5.25. The molecule has 0 fully saturated rings. The normalized spacial score (nSPS) is 10.0. The summed E-state index contributed by atoms with van der Waals surface area (Å²) < 4.78 is 0. The highest BCUT2D eigenvalue weighted by Crippen LogP contribution is 1.86. The molecule has 4 nitrogen and oxygen atoms in total. The molecule has 82 valence electrons. The zero-order valence-electron chi connectivity index (χ0n) is 9.24. The Labute approximate surface area is 101 Å². The van der Waals surface area contributed by atoms with Crippen LogP contribution >= 0.6 is 0 Å². The molecule has 1 heterocycles. The molecule has 2 aromatic rings. The molecule has 1 aromatic heterocycles. The zero-order valence-corrected chi connectivity index (χ0v) is 9.24. The van der Waals surface area contributed by atoms with Gasteiger partial charge in [-0.15, -0.1) is 0 Å². The molecule has 0 aliphatic rings. The number of hydrogen-bond donors (Lipinski definition) is 2. The number of hydrogen-bond acceptors (Lipinski definition) is 4. The van der Waals surface area contributed by atoms with Gasteiger partial charge in [0.15, 0.2) is 0 Å². The summed E-state index contributed by atoms with van der Waals surface area (Å²) in [6, 6.07) is 9.35. The van der Waals surface area contributed by atoms with Crippen molar-refractivity contribution in [1.82, 2.24) is 9.97 Å². The highest BCUT2D eigenvalue weighted by Gasteiger charge is 2.03. The highest BCUT2D eigenvalue weighted by molar-refractivity contribution is 6.67. The van der Waals surface area contributed by atoms with Crippen molar-refractivity contribution in [2.75, 3.05) is 0 Å². The predicted molar refractivity (Wildman–Crippen MR) is 69.0 cm³/mol. The van der Waals surface area contributed by atoms with Crippen LogP contribution in [0.15, 0.2) is 36.7 Å². The maximum Gasteiger partial charge on any atom is 0.326 e. The minimum Gasteiger partial charge on any atom is -0.450 e. The Balaban J connectivity index is 2.18. The number of nitrogens with two attached hydrogens (primary N) is 1. The molecule has 17 heavy (non-hydrogen) atoms. The van der Waals surface area contributed by atoms with Crippen molar-refractivity contribution in [3.05, 3.63) is 42.4 Å². The summed E-state index contributed by atoms with van der Waals surface area (Å²) in [6.45, 7) is 0.397. The van der Waals surface area contributed by atoms with E-state index in [0.29, 0.717) is 6.54 Å². The lowest BCUT2D eigenvalue weighted by molar-refractivity contribution is 0.615. The topological polar surface area (TPSA) is 72.0 Å². The maximum atomic E-state index is 8.93. The summed E-state index contributed by atoms with van der Waals surface area (Å²) in [5, 5.41) is 8.93. The van der Waals surface area contributed by atoms with Gasteiger partial charge in [-0.25, -0.2) is 4.98 Å². The van der Waals surface area contributed by atoms with Crippen LogP contribution in [0.25, 0.3) is 0 Å². The van der Waals surface area contributed by atoms with E-state index in [4.69, 9.17) is 10.8 Å². The quantitative estimate of drug-likeness (QED) is 0.578. The van der Waals surface area contributed by atoms with E-state index in [1.165, 1.54) is 6.33 Å². The first kappa shape index (κ1) is 11.8. The van der Waals surface area contributed by atoms with Gasteiger partial charge in [0.25, 0.3) is 0 Å². The molecule has 2 radical (unpaired) electrons. The highest BCUT2D eigenvalue weighted by atomic mass is 16.2. The van der Waals surface area contributed by atoms with E-state index >= 15 is 0 Å². The van der Waals surface area contributed by atoms with Crippen LogP contribution in [0.2, 0.25) is 0 Å². The number of rotatable bonds is 4. The van der Waals surface area contributed by atoms with Crippen LogP contribution in [-0.2, 0) is 6.54 Å². The second-order valence-electron chi connectivity index (χ2n) is 3.58. The van der Waals surface area contributed by atoms with Gasteiger partial charge in [0.1, 0.15) is 6.33 Å². The van der Waals surface area contributed by atoms with E-state index in [9.17, 15) is 0 Å². The first-order valence-electron chi connectivity index (χ1n) is 5.25. The van der Waals surface area contributed by atoms with Crippen molar-refractivity contribution in [1.29, 1.82) is 0 Å². The molecule has 0 saturated heterocycles. The van der Waals surface area contributed by atoms with Crippen LogP contribution in [0.4, 0.5) is 0 Å². The molecule has 0 spiro atoms. The van der Waals surface area contributed by atoms with Crippen molar-refractivity contribution >= 4 is 31.3 Å². The average molecular weight is 223 g/mol. The van der Waals surface area contributed by atoms with E-state index < -0.39 is 0 Å². The SMILES string of the molecule is NCc1cc([B]c2cccc([B]O)c2)ncn1. The lowest BCUT2D eigenvalue weighted by atomic mass is 9.65. The first-order chi connectivity index (χ1) is 8.31. The van der Waals surface area contributed by atoms with Crippen LogP contribution < -0.4 is 22.3 Å². The largest absolute Gasteiger partial charge is 0.450 e. The molecule has 0 amide bonds. The molecule has 3 N–H and O–H groups in total.